The number of nitro benzene ring substituents is 1. The van der Waals surface area contributed by atoms with Gasteiger partial charge in [0.05, 0.1) is 18.2 Å². The van der Waals surface area contributed by atoms with Crippen LogP contribution in [0.1, 0.15) is 26.3 Å². The number of carbonyl (C=O) groups excluding carboxylic acids is 2. The Kier molecular flexibility index (Phi) is 7.60. The number of benzene rings is 3. The van der Waals surface area contributed by atoms with Gasteiger partial charge in [-0.2, -0.15) is 5.10 Å². The number of amides is 1. The summed E-state index contributed by atoms with van der Waals surface area (Å²) in [6.45, 7) is 0. The molecule has 3 aromatic carbocycles. The Morgan fingerprint density at radius 1 is 1.06 bits per heavy atom. The van der Waals surface area contributed by atoms with Crippen molar-refractivity contribution in [2.45, 2.75) is 0 Å². The minimum absolute atomic E-state index is 0.0259. The fraction of sp³-hybridized carbons (Fsp3) is 0.0455. The molecular formula is C22H15Cl2N3O6. The van der Waals surface area contributed by atoms with Crippen molar-refractivity contribution in [1.82, 2.24) is 5.43 Å². The molecule has 0 unspecified atom stereocenters. The second kappa shape index (κ2) is 10.6. The number of hydrogen-bond donors (Lipinski definition) is 1. The maximum atomic E-state index is 12.8. The Labute approximate surface area is 197 Å². The summed E-state index contributed by atoms with van der Waals surface area (Å²) in [6, 6.07) is 14.4. The van der Waals surface area contributed by atoms with Gasteiger partial charge in [0.15, 0.2) is 0 Å². The lowest BCUT2D eigenvalue weighted by Crippen LogP contribution is -2.17. The van der Waals surface area contributed by atoms with E-state index in [0.29, 0.717) is 10.6 Å². The zero-order valence-corrected chi connectivity index (χ0v) is 18.5. The lowest BCUT2D eigenvalue weighted by Gasteiger charge is -2.11. The Morgan fingerprint density at radius 3 is 2.42 bits per heavy atom. The molecule has 1 amide bonds. The van der Waals surface area contributed by atoms with Gasteiger partial charge in [0.1, 0.15) is 11.3 Å². The number of methoxy groups -OCH3 is 1. The molecule has 0 aliphatic rings. The predicted molar refractivity (Wildman–Crippen MR) is 123 cm³/mol. The summed E-state index contributed by atoms with van der Waals surface area (Å²) in [7, 11) is 1.35. The van der Waals surface area contributed by atoms with Crippen LogP contribution in [0.3, 0.4) is 0 Å². The maximum Gasteiger partial charge on any atom is 0.347 e. The topological polar surface area (TPSA) is 120 Å². The Balaban J connectivity index is 1.88. The van der Waals surface area contributed by atoms with E-state index >= 15 is 0 Å². The standard InChI is InChI=1S/C22H15Cl2N3O6/c1-32-19-10-9-16(24)11-17(19)22(29)33-20-14(3-2-4-18(20)27(30)31)12-25-26-21(28)13-5-7-15(23)8-6-13/h2-12H,1H3,(H,26,28)/b25-12+. The van der Waals surface area contributed by atoms with Gasteiger partial charge in [-0.3, -0.25) is 14.9 Å². The molecular weight excluding hydrogens is 473 g/mol. The van der Waals surface area contributed by atoms with Crippen LogP contribution in [0.15, 0.2) is 65.8 Å². The maximum absolute atomic E-state index is 12.8. The summed E-state index contributed by atoms with van der Waals surface area (Å²) < 4.78 is 10.5. The van der Waals surface area contributed by atoms with Crippen LogP contribution in [0.25, 0.3) is 0 Å². The third-order valence-corrected chi connectivity index (χ3v) is 4.76. The number of para-hydroxylation sites is 1. The number of rotatable bonds is 7. The van der Waals surface area contributed by atoms with Crippen LogP contribution in [0.5, 0.6) is 11.5 Å². The molecule has 0 aromatic heterocycles. The Morgan fingerprint density at radius 2 is 1.76 bits per heavy atom. The summed E-state index contributed by atoms with van der Waals surface area (Å²) in [5.74, 6) is -1.65. The Bertz CT molecular complexity index is 1250. The van der Waals surface area contributed by atoms with Crippen LogP contribution in [0.4, 0.5) is 5.69 Å². The molecule has 168 valence electrons. The third-order valence-electron chi connectivity index (χ3n) is 4.27. The van der Waals surface area contributed by atoms with Gasteiger partial charge in [-0.1, -0.05) is 29.3 Å². The van der Waals surface area contributed by atoms with Crippen LogP contribution in [-0.2, 0) is 0 Å². The third kappa shape index (κ3) is 5.85. The number of nitrogens with one attached hydrogen (secondary N) is 1. The highest BCUT2D eigenvalue weighted by molar-refractivity contribution is 6.31. The van der Waals surface area contributed by atoms with E-state index in [1.807, 2.05) is 0 Å². The number of nitro groups is 1. The van der Waals surface area contributed by atoms with Crippen LogP contribution in [0, 0.1) is 10.1 Å². The van der Waals surface area contributed by atoms with Crippen LogP contribution < -0.4 is 14.9 Å². The SMILES string of the molecule is COc1ccc(Cl)cc1C(=O)Oc1c(/C=N/NC(=O)c2ccc(Cl)cc2)cccc1[N+](=O)[O-]. The number of halogens is 2. The van der Waals surface area contributed by atoms with Crippen molar-refractivity contribution in [1.29, 1.82) is 0 Å². The smallest absolute Gasteiger partial charge is 0.347 e. The van der Waals surface area contributed by atoms with E-state index in [2.05, 4.69) is 10.5 Å². The predicted octanol–water partition coefficient (Wildman–Crippen LogP) is 4.89. The first-order valence-electron chi connectivity index (χ1n) is 9.22. The summed E-state index contributed by atoms with van der Waals surface area (Å²) in [5.41, 5.74) is 2.17. The molecule has 0 aliphatic carbocycles. The zero-order chi connectivity index (χ0) is 24.0. The van der Waals surface area contributed by atoms with Gasteiger partial charge in [0, 0.05) is 27.2 Å². The largest absolute Gasteiger partial charge is 0.496 e. The van der Waals surface area contributed by atoms with E-state index in [4.69, 9.17) is 32.7 Å². The van der Waals surface area contributed by atoms with Gasteiger partial charge < -0.3 is 9.47 Å². The van der Waals surface area contributed by atoms with Crippen molar-refractivity contribution in [3.63, 3.8) is 0 Å². The number of carbonyl (C=O) groups is 2. The first-order chi connectivity index (χ1) is 15.8. The van der Waals surface area contributed by atoms with Crippen LogP contribution in [-0.4, -0.2) is 30.1 Å². The molecule has 9 nitrogen and oxygen atoms in total. The van der Waals surface area contributed by atoms with Crippen molar-refractivity contribution in [2.24, 2.45) is 5.10 Å². The van der Waals surface area contributed by atoms with Crippen molar-refractivity contribution < 1.29 is 24.0 Å². The normalized spacial score (nSPS) is 10.6. The molecule has 0 saturated heterocycles. The lowest BCUT2D eigenvalue weighted by molar-refractivity contribution is -0.385. The fourth-order valence-corrected chi connectivity index (χ4v) is 3.01. The van der Waals surface area contributed by atoms with Crippen molar-refractivity contribution in [3.05, 3.63) is 97.5 Å². The molecule has 0 bridgehead atoms. The summed E-state index contributed by atoms with van der Waals surface area (Å²) in [4.78, 5) is 35.7. The number of hydrogen-bond acceptors (Lipinski definition) is 7. The minimum atomic E-state index is -0.927. The molecule has 0 spiro atoms. The molecule has 11 heteroatoms. The van der Waals surface area contributed by atoms with Gasteiger partial charge in [-0.05, 0) is 48.5 Å². The zero-order valence-electron chi connectivity index (χ0n) is 17.0. The molecule has 3 rings (SSSR count). The lowest BCUT2D eigenvalue weighted by atomic mass is 10.1. The number of esters is 1. The molecule has 3 aromatic rings. The summed E-state index contributed by atoms with van der Waals surface area (Å²) in [5, 5.41) is 16.0. The van der Waals surface area contributed by atoms with Gasteiger partial charge >= 0.3 is 11.7 Å². The summed E-state index contributed by atoms with van der Waals surface area (Å²) >= 11 is 11.7. The first kappa shape index (κ1) is 23.7. The van der Waals surface area contributed by atoms with Crippen molar-refractivity contribution in [2.75, 3.05) is 7.11 Å². The minimum Gasteiger partial charge on any atom is -0.496 e. The van der Waals surface area contributed by atoms with Gasteiger partial charge in [-0.15, -0.1) is 0 Å². The molecule has 0 heterocycles. The number of nitrogens with zero attached hydrogens (tertiary/aromatic N) is 2. The number of hydrazone groups is 1. The van der Waals surface area contributed by atoms with Gasteiger partial charge in [0.25, 0.3) is 5.91 Å². The van der Waals surface area contributed by atoms with Crippen molar-refractivity contribution >= 4 is 47.0 Å². The second-order valence-corrected chi connectivity index (χ2v) is 7.27. The van der Waals surface area contributed by atoms with Gasteiger partial charge in [-0.25, -0.2) is 10.2 Å². The van der Waals surface area contributed by atoms with Crippen LogP contribution >= 0.6 is 23.2 Å². The van der Waals surface area contributed by atoms with E-state index in [-0.39, 0.29) is 27.6 Å². The fourth-order valence-electron chi connectivity index (χ4n) is 2.71. The molecule has 1 N–H and O–H groups in total. The average molecular weight is 488 g/mol. The highest BCUT2D eigenvalue weighted by Gasteiger charge is 2.24. The molecule has 0 aliphatic heterocycles. The molecule has 0 saturated carbocycles. The average Bonchev–Trinajstić information content (AvgIpc) is 2.80. The van der Waals surface area contributed by atoms with Crippen molar-refractivity contribution in [3.8, 4) is 11.5 Å². The highest BCUT2D eigenvalue weighted by Crippen LogP contribution is 2.32. The van der Waals surface area contributed by atoms with E-state index < -0.39 is 22.5 Å². The van der Waals surface area contributed by atoms with Gasteiger partial charge in [0.2, 0.25) is 5.75 Å². The second-order valence-electron chi connectivity index (χ2n) is 6.39. The molecule has 33 heavy (non-hydrogen) atoms. The summed E-state index contributed by atoms with van der Waals surface area (Å²) in [6.07, 6.45) is 1.12. The Hall–Kier alpha value is -3.95. The van der Waals surface area contributed by atoms with E-state index in [9.17, 15) is 19.7 Å². The van der Waals surface area contributed by atoms with E-state index in [1.165, 1.54) is 55.6 Å². The first-order valence-corrected chi connectivity index (χ1v) is 9.98. The monoisotopic (exact) mass is 487 g/mol. The molecule has 0 fully saturated rings. The van der Waals surface area contributed by atoms with Crippen LogP contribution in [0.2, 0.25) is 10.0 Å². The molecule has 0 radical (unpaired) electrons. The number of ether oxygens (including phenoxy) is 2. The molecule has 0 atom stereocenters. The highest BCUT2D eigenvalue weighted by atomic mass is 35.5. The quantitative estimate of drug-likeness (QED) is 0.166. The van der Waals surface area contributed by atoms with E-state index in [1.54, 1.807) is 12.1 Å². The van der Waals surface area contributed by atoms with E-state index in [0.717, 1.165) is 6.21 Å².